The molecular weight excluding hydrogens is 285 g/mol. The molecule has 1 aromatic rings. The van der Waals surface area contributed by atoms with Gasteiger partial charge in [0.05, 0.1) is 12.3 Å². The molecule has 22 heavy (non-hydrogen) atoms. The Morgan fingerprint density at radius 3 is 2.50 bits per heavy atom. The maximum atomic E-state index is 13.6. The van der Waals surface area contributed by atoms with E-state index in [0.717, 1.165) is 25.7 Å². The van der Waals surface area contributed by atoms with Crippen molar-refractivity contribution in [1.82, 2.24) is 5.32 Å². The standard InChI is InChI=1S/C17H22FNO3/c18-14-9-6-5-7-12(14)11-16(20)19-15-10-4-2-1-3-8-13(15)17(21)22/h5-7,9,13,15H,1-4,8,10-11H2,(H,19,20)(H,21,22). The van der Waals surface area contributed by atoms with Gasteiger partial charge in [0.2, 0.25) is 5.91 Å². The first kappa shape index (κ1) is 16.5. The van der Waals surface area contributed by atoms with Gasteiger partial charge in [-0.2, -0.15) is 0 Å². The molecule has 1 aliphatic carbocycles. The van der Waals surface area contributed by atoms with Crippen molar-refractivity contribution in [2.75, 3.05) is 0 Å². The zero-order valence-corrected chi connectivity index (χ0v) is 12.6. The summed E-state index contributed by atoms with van der Waals surface area (Å²) in [6.07, 6.45) is 5.08. The van der Waals surface area contributed by atoms with Gasteiger partial charge in [0.15, 0.2) is 0 Å². The number of benzene rings is 1. The molecule has 120 valence electrons. The van der Waals surface area contributed by atoms with E-state index in [-0.39, 0.29) is 18.4 Å². The first-order valence-electron chi connectivity index (χ1n) is 7.83. The third-order valence-corrected chi connectivity index (χ3v) is 4.24. The molecule has 2 unspecified atom stereocenters. The Hall–Kier alpha value is -1.91. The van der Waals surface area contributed by atoms with E-state index in [1.165, 1.54) is 6.07 Å². The first-order chi connectivity index (χ1) is 10.6. The predicted octanol–water partition coefficient (Wildman–Crippen LogP) is 2.91. The number of nitrogens with one attached hydrogen (secondary N) is 1. The lowest BCUT2D eigenvalue weighted by Gasteiger charge is -2.27. The Labute approximate surface area is 129 Å². The van der Waals surface area contributed by atoms with Crippen LogP contribution in [0, 0.1) is 11.7 Å². The van der Waals surface area contributed by atoms with Crippen LogP contribution in [-0.2, 0) is 16.0 Å². The molecule has 1 aromatic carbocycles. The quantitative estimate of drug-likeness (QED) is 0.899. The van der Waals surface area contributed by atoms with Crippen LogP contribution in [0.15, 0.2) is 24.3 Å². The molecule has 2 rings (SSSR count). The third-order valence-electron chi connectivity index (χ3n) is 4.24. The van der Waals surface area contributed by atoms with Crippen LogP contribution in [0.3, 0.4) is 0 Å². The molecule has 0 radical (unpaired) electrons. The minimum absolute atomic E-state index is 0.0600. The molecule has 0 bridgehead atoms. The third kappa shape index (κ3) is 4.55. The Morgan fingerprint density at radius 1 is 1.14 bits per heavy atom. The Kier molecular flexibility index (Phi) is 5.92. The van der Waals surface area contributed by atoms with E-state index in [1.54, 1.807) is 18.2 Å². The fraction of sp³-hybridized carbons (Fsp3) is 0.529. The van der Waals surface area contributed by atoms with Crippen molar-refractivity contribution in [3.05, 3.63) is 35.6 Å². The SMILES string of the molecule is O=C(Cc1ccccc1F)NC1CCCCCCC1C(=O)O. The molecule has 1 aliphatic rings. The molecule has 0 heterocycles. The van der Waals surface area contributed by atoms with Crippen LogP contribution in [0.1, 0.15) is 44.1 Å². The number of hydrogen-bond donors (Lipinski definition) is 2. The van der Waals surface area contributed by atoms with Crippen LogP contribution in [-0.4, -0.2) is 23.0 Å². The number of aliphatic carboxylic acids is 1. The summed E-state index contributed by atoms with van der Waals surface area (Å²) >= 11 is 0. The molecule has 0 aromatic heterocycles. The van der Waals surface area contributed by atoms with Gasteiger partial charge in [-0.3, -0.25) is 9.59 Å². The number of carbonyl (C=O) groups is 2. The maximum Gasteiger partial charge on any atom is 0.308 e. The summed E-state index contributed by atoms with van der Waals surface area (Å²) in [4.78, 5) is 23.5. The van der Waals surface area contributed by atoms with E-state index in [1.807, 2.05) is 0 Å². The number of carbonyl (C=O) groups excluding carboxylic acids is 1. The van der Waals surface area contributed by atoms with Gasteiger partial charge in [0.25, 0.3) is 0 Å². The summed E-state index contributed by atoms with van der Waals surface area (Å²) < 4.78 is 13.6. The van der Waals surface area contributed by atoms with Crippen molar-refractivity contribution in [2.24, 2.45) is 5.92 Å². The second-order valence-corrected chi connectivity index (χ2v) is 5.88. The summed E-state index contributed by atoms with van der Waals surface area (Å²) in [6, 6.07) is 5.78. The fourth-order valence-corrected chi connectivity index (χ4v) is 3.03. The summed E-state index contributed by atoms with van der Waals surface area (Å²) in [5.74, 6) is -2.14. The lowest BCUT2D eigenvalue weighted by Crippen LogP contribution is -2.44. The highest BCUT2D eigenvalue weighted by molar-refractivity contribution is 5.80. The zero-order chi connectivity index (χ0) is 15.9. The average Bonchev–Trinajstić information content (AvgIpc) is 2.44. The van der Waals surface area contributed by atoms with Gasteiger partial charge in [-0.05, 0) is 24.5 Å². The van der Waals surface area contributed by atoms with E-state index >= 15 is 0 Å². The zero-order valence-electron chi connectivity index (χ0n) is 12.6. The van der Waals surface area contributed by atoms with Crippen LogP contribution in [0.5, 0.6) is 0 Å². The van der Waals surface area contributed by atoms with Crippen LogP contribution < -0.4 is 5.32 Å². The second kappa shape index (κ2) is 7.92. The van der Waals surface area contributed by atoms with E-state index in [4.69, 9.17) is 0 Å². The van der Waals surface area contributed by atoms with Crippen LogP contribution >= 0.6 is 0 Å². The molecule has 1 saturated carbocycles. The number of amides is 1. The van der Waals surface area contributed by atoms with E-state index in [0.29, 0.717) is 18.4 Å². The normalized spacial score (nSPS) is 22.4. The van der Waals surface area contributed by atoms with Gasteiger partial charge in [-0.25, -0.2) is 4.39 Å². The summed E-state index contributed by atoms with van der Waals surface area (Å²) in [5.41, 5.74) is 0.331. The Bertz CT molecular complexity index is 532. The highest BCUT2D eigenvalue weighted by Crippen LogP contribution is 2.23. The second-order valence-electron chi connectivity index (χ2n) is 5.88. The predicted molar refractivity (Wildman–Crippen MR) is 80.9 cm³/mol. The van der Waals surface area contributed by atoms with Gasteiger partial charge in [0.1, 0.15) is 5.82 Å². The van der Waals surface area contributed by atoms with Gasteiger partial charge < -0.3 is 10.4 Å². The number of carboxylic acids is 1. The number of hydrogen-bond acceptors (Lipinski definition) is 2. The smallest absolute Gasteiger partial charge is 0.308 e. The van der Waals surface area contributed by atoms with E-state index < -0.39 is 17.7 Å². The highest BCUT2D eigenvalue weighted by Gasteiger charge is 2.29. The monoisotopic (exact) mass is 307 g/mol. The molecule has 2 N–H and O–H groups in total. The van der Waals surface area contributed by atoms with Gasteiger partial charge in [-0.1, -0.05) is 43.9 Å². The largest absolute Gasteiger partial charge is 0.481 e. The molecular formula is C17H22FNO3. The van der Waals surface area contributed by atoms with Gasteiger partial charge in [-0.15, -0.1) is 0 Å². The molecule has 0 spiro atoms. The van der Waals surface area contributed by atoms with Crippen LogP contribution in [0.4, 0.5) is 4.39 Å². The molecule has 0 saturated heterocycles. The molecule has 1 fully saturated rings. The van der Waals surface area contributed by atoms with Crippen LogP contribution in [0.25, 0.3) is 0 Å². The topological polar surface area (TPSA) is 66.4 Å². The number of carboxylic acid groups (broad SMARTS) is 1. The molecule has 4 nitrogen and oxygen atoms in total. The van der Waals surface area contributed by atoms with Crippen LogP contribution in [0.2, 0.25) is 0 Å². The van der Waals surface area contributed by atoms with Crippen molar-refractivity contribution < 1.29 is 19.1 Å². The summed E-state index contributed by atoms with van der Waals surface area (Å²) in [6.45, 7) is 0. The Morgan fingerprint density at radius 2 is 1.82 bits per heavy atom. The molecule has 1 amide bonds. The molecule has 2 atom stereocenters. The lowest BCUT2D eigenvalue weighted by molar-refractivity contribution is -0.143. The number of halogens is 1. The van der Waals surface area contributed by atoms with Crippen molar-refractivity contribution in [2.45, 2.75) is 51.0 Å². The fourth-order valence-electron chi connectivity index (χ4n) is 3.03. The summed E-state index contributed by atoms with van der Waals surface area (Å²) in [7, 11) is 0. The lowest BCUT2D eigenvalue weighted by atomic mass is 9.86. The van der Waals surface area contributed by atoms with Crippen molar-refractivity contribution in [3.63, 3.8) is 0 Å². The van der Waals surface area contributed by atoms with E-state index in [2.05, 4.69) is 5.32 Å². The van der Waals surface area contributed by atoms with Crippen molar-refractivity contribution in [1.29, 1.82) is 0 Å². The highest BCUT2D eigenvalue weighted by atomic mass is 19.1. The van der Waals surface area contributed by atoms with Crippen molar-refractivity contribution >= 4 is 11.9 Å². The maximum absolute atomic E-state index is 13.6. The minimum Gasteiger partial charge on any atom is -0.481 e. The first-order valence-corrected chi connectivity index (χ1v) is 7.83. The van der Waals surface area contributed by atoms with E-state index in [9.17, 15) is 19.1 Å². The minimum atomic E-state index is -0.863. The average molecular weight is 307 g/mol. The molecule has 5 heteroatoms. The number of rotatable bonds is 4. The summed E-state index contributed by atoms with van der Waals surface area (Å²) in [5, 5.41) is 12.2. The molecule has 0 aliphatic heterocycles. The Balaban J connectivity index is 2.00. The van der Waals surface area contributed by atoms with Gasteiger partial charge in [0, 0.05) is 6.04 Å². The van der Waals surface area contributed by atoms with Gasteiger partial charge >= 0.3 is 5.97 Å². The van der Waals surface area contributed by atoms with Crippen molar-refractivity contribution in [3.8, 4) is 0 Å².